The zero-order chi connectivity index (χ0) is 36.6. The van der Waals surface area contributed by atoms with E-state index in [4.69, 9.17) is 5.11 Å². The molecule has 0 spiro atoms. The summed E-state index contributed by atoms with van der Waals surface area (Å²) in [4.78, 5) is 65.7. The van der Waals surface area contributed by atoms with Gasteiger partial charge in [-0.05, 0) is 44.2 Å². The first-order valence-electron chi connectivity index (χ1n) is 13.5. The summed E-state index contributed by atoms with van der Waals surface area (Å²) in [6.07, 6.45) is 5.22. The van der Waals surface area contributed by atoms with Crippen molar-refractivity contribution in [2.75, 3.05) is 40.7 Å². The van der Waals surface area contributed by atoms with Crippen LogP contribution in [0.1, 0.15) is 70.1 Å². The first-order valence-corrected chi connectivity index (χ1v) is 13.5. The van der Waals surface area contributed by atoms with E-state index in [0.29, 0.717) is 11.1 Å². The highest BCUT2D eigenvalue weighted by Crippen LogP contribution is 2.06. The first kappa shape index (κ1) is 52.5. The fourth-order valence-electron chi connectivity index (χ4n) is 2.74. The molecule has 18 heteroatoms. The van der Waals surface area contributed by atoms with E-state index in [2.05, 4.69) is 40.4 Å². The smallest absolute Gasteiger partial charge is 0.335 e. The molecule has 0 aliphatic rings. The van der Waals surface area contributed by atoms with Crippen molar-refractivity contribution in [1.29, 1.82) is 0 Å². The molecule has 3 N–H and O–H groups in total. The highest BCUT2D eigenvalue weighted by molar-refractivity contribution is 5.95. The number of amides is 1. The lowest BCUT2D eigenvalue weighted by molar-refractivity contribution is -0.0757. The lowest BCUT2D eigenvalue weighted by atomic mass is 10.2. The maximum atomic E-state index is 12.6. The van der Waals surface area contributed by atoms with Gasteiger partial charge in [-0.2, -0.15) is 13.2 Å². The number of nitrogens with zero attached hydrogens (tertiary/aromatic N) is 5. The van der Waals surface area contributed by atoms with Crippen LogP contribution in [0.5, 0.6) is 0 Å². The Labute approximate surface area is 301 Å². The molecule has 0 aliphatic heterocycles. The maximum Gasteiger partial charge on any atom is 0.335 e. The van der Waals surface area contributed by atoms with E-state index in [9.17, 15) is 32.3 Å². The average Bonchev–Trinajstić information content (AvgIpc) is 3.08. The van der Waals surface area contributed by atoms with Crippen molar-refractivity contribution >= 4 is 41.7 Å². The Bertz CT molecular complexity index is 1570. The number of Topliss-reactive ketones (excluding diaryl/α,β-unsaturated/α-hetero) is 2. The van der Waals surface area contributed by atoms with Crippen LogP contribution in [0.3, 0.4) is 0 Å². The highest BCUT2D eigenvalue weighted by Gasteiger charge is 2.11. The lowest BCUT2D eigenvalue weighted by Crippen LogP contribution is -2.25. The van der Waals surface area contributed by atoms with Crippen LogP contribution in [0.15, 0.2) is 73.3 Å². The van der Waals surface area contributed by atoms with Crippen LogP contribution in [-0.4, -0.2) is 88.9 Å². The molecule has 4 aromatic rings. The molecule has 4 heterocycles. The van der Waals surface area contributed by atoms with Gasteiger partial charge < -0.3 is 15.3 Å². The summed E-state index contributed by atoms with van der Waals surface area (Å²) in [5.41, 5.74) is 3.58. The molecular formula is C33H45ClF3N7O7. The quantitative estimate of drug-likeness (QED) is 0.114. The van der Waals surface area contributed by atoms with Gasteiger partial charge in [-0.25, -0.2) is 35.3 Å². The summed E-state index contributed by atoms with van der Waals surface area (Å²) < 4.78 is 37.0. The fraction of sp³-hybridized carbons (Fsp3) is 0.273. The number of hydroxylamine groups is 3. The molecule has 0 atom stereocenters. The van der Waals surface area contributed by atoms with Crippen molar-refractivity contribution < 1.29 is 47.1 Å². The predicted molar refractivity (Wildman–Crippen MR) is 189 cm³/mol. The third-order valence-electron chi connectivity index (χ3n) is 5.27. The van der Waals surface area contributed by atoms with Crippen molar-refractivity contribution in [2.24, 2.45) is 0 Å². The van der Waals surface area contributed by atoms with E-state index in [1.54, 1.807) is 39.5 Å². The third kappa shape index (κ3) is 22.8. The van der Waals surface area contributed by atoms with Gasteiger partial charge in [-0.1, -0.05) is 14.9 Å². The summed E-state index contributed by atoms with van der Waals surface area (Å²) >= 11 is 0. The van der Waals surface area contributed by atoms with Crippen LogP contribution < -0.4 is 10.8 Å². The van der Waals surface area contributed by atoms with Gasteiger partial charge in [0.2, 0.25) is 17.8 Å². The average molecular weight is 744 g/mol. The van der Waals surface area contributed by atoms with Gasteiger partial charge in [-0.3, -0.25) is 19.2 Å². The van der Waals surface area contributed by atoms with Crippen molar-refractivity contribution in [3.63, 3.8) is 0 Å². The third-order valence-corrected chi connectivity index (χ3v) is 5.27. The summed E-state index contributed by atoms with van der Waals surface area (Å²) in [6.45, 7) is 2.92. The Kier molecular flexibility index (Phi) is 30.4. The molecule has 0 fully saturated rings. The van der Waals surface area contributed by atoms with Crippen molar-refractivity contribution in [1.82, 2.24) is 30.5 Å². The molecule has 1 amide bonds. The normalized spacial score (nSPS) is 8.75. The molecule has 14 nitrogen and oxygen atoms in total. The van der Waals surface area contributed by atoms with Gasteiger partial charge in [0.1, 0.15) is 5.82 Å². The Morgan fingerprint density at radius 3 is 1.35 bits per heavy atom. The minimum absolute atomic E-state index is 0. The largest absolute Gasteiger partial charge is 0.478 e. The second kappa shape index (κ2) is 29.5. The Hall–Kier alpha value is -5.36. The molecule has 0 bridgehead atoms. The molecule has 0 saturated carbocycles. The first-order chi connectivity index (χ1) is 22.7. The standard InChI is InChI=1S/C8H9FN2O2.C8H10N2O.C7H6FNO.C6H4FNO2.C2H7NO.2CH4.ClH/c1-11(13-2)8(12)6-3-4-10-7(9)5-6;1-6(11)7-3-4-10-8(5-7)9-2;1-5(10)6-2-3-9-7(8)4-6;7-5-3-4(6(9)10)1-2-8-5;1-3-4-2;;;/h3-5H,1-2H3;3-5H,1-2H3,(H,9,10);2-4H,1H3;1-3H,(H,9,10);3H,1-2H3;2*1H4;1H. The number of ketones is 2. The number of aromatic nitrogens is 4. The number of nitrogens with one attached hydrogen (secondary N) is 2. The topological polar surface area (TPSA) is 186 Å². The number of carbonyl (C=O) groups is 4. The molecule has 0 aromatic carbocycles. The lowest BCUT2D eigenvalue weighted by Gasteiger charge is -2.12. The van der Waals surface area contributed by atoms with Crippen LogP contribution >= 0.6 is 12.4 Å². The van der Waals surface area contributed by atoms with E-state index in [1.165, 1.54) is 58.6 Å². The van der Waals surface area contributed by atoms with Gasteiger partial charge in [0.05, 0.1) is 19.8 Å². The molecule has 4 aromatic heterocycles. The zero-order valence-electron chi connectivity index (χ0n) is 27.6. The number of halogens is 4. The number of hydrogen-bond donors (Lipinski definition) is 3. The van der Waals surface area contributed by atoms with Crippen LogP contribution in [0.25, 0.3) is 0 Å². The number of rotatable bonds is 7. The summed E-state index contributed by atoms with van der Waals surface area (Å²) in [7, 11) is 7.85. The molecule has 51 heavy (non-hydrogen) atoms. The van der Waals surface area contributed by atoms with Crippen LogP contribution in [0.2, 0.25) is 0 Å². The monoisotopic (exact) mass is 743 g/mol. The van der Waals surface area contributed by atoms with E-state index in [0.717, 1.165) is 35.3 Å². The molecular weight excluding hydrogens is 699 g/mol. The SMILES string of the molecule is C.C.CC(=O)c1ccnc(F)c1.CNOC.CNc1cc(C(C)=O)ccn1.CON(C)C(=O)c1ccnc(F)c1.Cl.O=C(O)c1ccnc(F)c1. The number of carbonyl (C=O) groups excluding carboxylic acids is 3. The maximum absolute atomic E-state index is 12.6. The highest BCUT2D eigenvalue weighted by atomic mass is 35.5. The van der Waals surface area contributed by atoms with E-state index >= 15 is 0 Å². The summed E-state index contributed by atoms with van der Waals surface area (Å²) in [5, 5.41) is 12.2. The number of carboxylic acids is 1. The molecule has 0 radical (unpaired) electrons. The van der Waals surface area contributed by atoms with Crippen molar-refractivity contribution in [3.8, 4) is 0 Å². The zero-order valence-corrected chi connectivity index (χ0v) is 28.4. The Morgan fingerprint density at radius 1 is 0.686 bits per heavy atom. The van der Waals surface area contributed by atoms with Crippen LogP contribution in [-0.2, 0) is 9.68 Å². The molecule has 0 aliphatic carbocycles. The molecule has 0 unspecified atom stereocenters. The van der Waals surface area contributed by atoms with Crippen molar-refractivity contribution in [2.45, 2.75) is 28.7 Å². The van der Waals surface area contributed by atoms with Crippen LogP contribution in [0.4, 0.5) is 19.0 Å². The number of hydrogen-bond acceptors (Lipinski definition) is 12. The minimum Gasteiger partial charge on any atom is -0.478 e. The van der Waals surface area contributed by atoms with Gasteiger partial charge in [0, 0.05) is 80.8 Å². The second-order valence-electron chi connectivity index (χ2n) is 8.59. The second-order valence-corrected chi connectivity index (χ2v) is 8.59. The number of aromatic carboxylic acids is 1. The Morgan fingerprint density at radius 2 is 1.04 bits per heavy atom. The van der Waals surface area contributed by atoms with Gasteiger partial charge in [0.15, 0.2) is 11.6 Å². The number of pyridine rings is 4. The molecule has 282 valence electrons. The Balaban J connectivity index is -0.000000275. The minimum atomic E-state index is -1.15. The fourth-order valence-corrected chi connectivity index (χ4v) is 2.74. The van der Waals surface area contributed by atoms with Gasteiger partial charge in [-0.15, -0.1) is 12.4 Å². The predicted octanol–water partition coefficient (Wildman–Crippen LogP) is 5.98. The van der Waals surface area contributed by atoms with Gasteiger partial charge >= 0.3 is 5.97 Å². The van der Waals surface area contributed by atoms with Gasteiger partial charge in [0.25, 0.3) is 5.91 Å². The summed E-state index contributed by atoms with van der Waals surface area (Å²) in [6, 6.07) is 10.6. The molecule has 0 saturated heterocycles. The number of anilines is 1. The van der Waals surface area contributed by atoms with Crippen molar-refractivity contribution in [3.05, 3.63) is 113 Å². The van der Waals surface area contributed by atoms with E-state index < -0.39 is 29.7 Å². The summed E-state index contributed by atoms with van der Waals surface area (Å²) in [5.74, 6) is -3.02. The van der Waals surface area contributed by atoms with E-state index in [-0.39, 0.29) is 50.0 Å². The van der Waals surface area contributed by atoms with Crippen LogP contribution in [0, 0.1) is 17.8 Å². The molecule has 4 rings (SSSR count). The van der Waals surface area contributed by atoms with E-state index in [1.807, 2.05) is 0 Å². The number of carboxylic acid groups (broad SMARTS) is 1.